The molecule has 0 aromatic heterocycles. The van der Waals surface area contributed by atoms with Crippen LogP contribution in [0.1, 0.15) is 38.5 Å². The Bertz CT molecular complexity index is 186. The molecule has 1 aliphatic heterocycles. The van der Waals surface area contributed by atoms with Crippen molar-refractivity contribution in [3.05, 3.63) is 0 Å². The average Bonchev–Trinajstić information content (AvgIpc) is 2.83. The van der Waals surface area contributed by atoms with Crippen LogP contribution in [-0.4, -0.2) is 32.5 Å². The van der Waals surface area contributed by atoms with Gasteiger partial charge in [0.05, 0.1) is 19.8 Å². The molecule has 0 aromatic carbocycles. The zero-order valence-electron chi connectivity index (χ0n) is 10.2. The van der Waals surface area contributed by atoms with E-state index in [4.69, 9.17) is 15.2 Å². The lowest BCUT2D eigenvalue weighted by molar-refractivity contribution is 0.0661. The van der Waals surface area contributed by atoms with Crippen LogP contribution < -0.4 is 5.73 Å². The first-order chi connectivity index (χ1) is 7.86. The first-order valence-corrected chi connectivity index (χ1v) is 6.77. The molecule has 2 aliphatic rings. The van der Waals surface area contributed by atoms with Crippen molar-refractivity contribution in [2.75, 3.05) is 26.4 Å². The summed E-state index contributed by atoms with van der Waals surface area (Å²) in [5, 5.41) is 0. The van der Waals surface area contributed by atoms with Gasteiger partial charge >= 0.3 is 0 Å². The highest BCUT2D eigenvalue weighted by Gasteiger charge is 2.21. The summed E-state index contributed by atoms with van der Waals surface area (Å²) in [5.74, 6) is 1.31. The van der Waals surface area contributed by atoms with E-state index in [1.165, 1.54) is 32.1 Å². The summed E-state index contributed by atoms with van der Waals surface area (Å²) in [6.07, 6.45) is 7.86. The largest absolute Gasteiger partial charge is 0.381 e. The second-order valence-corrected chi connectivity index (χ2v) is 5.33. The molecule has 3 nitrogen and oxygen atoms in total. The van der Waals surface area contributed by atoms with Crippen molar-refractivity contribution in [2.24, 2.45) is 17.6 Å². The Hall–Kier alpha value is -0.120. The van der Waals surface area contributed by atoms with Gasteiger partial charge in [-0.2, -0.15) is 0 Å². The SMILES string of the molecule is NC(COCC1CCOC1)C1CCCCC1. The lowest BCUT2D eigenvalue weighted by atomic mass is 9.84. The van der Waals surface area contributed by atoms with Gasteiger partial charge in [-0.1, -0.05) is 19.3 Å². The predicted molar refractivity (Wildman–Crippen MR) is 64.3 cm³/mol. The van der Waals surface area contributed by atoms with Crippen molar-refractivity contribution in [3.8, 4) is 0 Å². The van der Waals surface area contributed by atoms with Crippen LogP contribution in [0.15, 0.2) is 0 Å². The fourth-order valence-electron chi connectivity index (χ4n) is 2.78. The molecular weight excluding hydrogens is 202 g/mol. The fourth-order valence-corrected chi connectivity index (χ4v) is 2.78. The first kappa shape index (κ1) is 12.3. The van der Waals surface area contributed by atoms with Crippen LogP contribution in [-0.2, 0) is 9.47 Å². The Balaban J connectivity index is 1.57. The summed E-state index contributed by atoms with van der Waals surface area (Å²) >= 11 is 0. The van der Waals surface area contributed by atoms with E-state index in [0.29, 0.717) is 11.8 Å². The zero-order valence-corrected chi connectivity index (χ0v) is 10.2. The lowest BCUT2D eigenvalue weighted by Gasteiger charge is -2.27. The molecule has 2 fully saturated rings. The second kappa shape index (κ2) is 6.58. The molecule has 0 spiro atoms. The topological polar surface area (TPSA) is 44.5 Å². The van der Waals surface area contributed by atoms with Gasteiger partial charge in [0.2, 0.25) is 0 Å². The van der Waals surface area contributed by atoms with E-state index in [1.54, 1.807) is 0 Å². The van der Waals surface area contributed by atoms with Crippen LogP contribution >= 0.6 is 0 Å². The van der Waals surface area contributed by atoms with Crippen LogP contribution in [0.5, 0.6) is 0 Å². The normalized spacial score (nSPS) is 29.4. The minimum absolute atomic E-state index is 0.252. The van der Waals surface area contributed by atoms with E-state index in [0.717, 1.165) is 32.8 Å². The second-order valence-electron chi connectivity index (χ2n) is 5.33. The molecule has 1 saturated heterocycles. The molecule has 0 aromatic rings. The maximum absolute atomic E-state index is 6.18. The van der Waals surface area contributed by atoms with Crippen LogP contribution in [0.3, 0.4) is 0 Å². The summed E-state index contributed by atoms with van der Waals surface area (Å²) in [6, 6.07) is 0.252. The van der Waals surface area contributed by atoms with Crippen LogP contribution in [0, 0.1) is 11.8 Å². The Morgan fingerprint density at radius 3 is 2.69 bits per heavy atom. The first-order valence-electron chi connectivity index (χ1n) is 6.77. The smallest absolute Gasteiger partial charge is 0.0620 e. The van der Waals surface area contributed by atoms with E-state index >= 15 is 0 Å². The third-order valence-electron chi connectivity index (χ3n) is 3.94. The molecule has 1 aliphatic carbocycles. The minimum Gasteiger partial charge on any atom is -0.381 e. The van der Waals surface area contributed by atoms with E-state index in [2.05, 4.69) is 0 Å². The number of ether oxygens (including phenoxy) is 2. The molecule has 0 amide bonds. The van der Waals surface area contributed by atoms with Crippen molar-refractivity contribution >= 4 is 0 Å². The van der Waals surface area contributed by atoms with Gasteiger partial charge in [0, 0.05) is 18.6 Å². The number of hydrogen-bond donors (Lipinski definition) is 1. The molecule has 94 valence electrons. The van der Waals surface area contributed by atoms with Gasteiger partial charge in [0.25, 0.3) is 0 Å². The van der Waals surface area contributed by atoms with Gasteiger partial charge in [-0.3, -0.25) is 0 Å². The van der Waals surface area contributed by atoms with Crippen molar-refractivity contribution in [1.82, 2.24) is 0 Å². The van der Waals surface area contributed by atoms with E-state index < -0.39 is 0 Å². The van der Waals surface area contributed by atoms with Gasteiger partial charge in [-0.25, -0.2) is 0 Å². The molecule has 3 heteroatoms. The summed E-state index contributed by atoms with van der Waals surface area (Å²) in [7, 11) is 0. The summed E-state index contributed by atoms with van der Waals surface area (Å²) in [4.78, 5) is 0. The fraction of sp³-hybridized carbons (Fsp3) is 1.00. The molecule has 2 N–H and O–H groups in total. The highest BCUT2D eigenvalue weighted by Crippen LogP contribution is 2.25. The Morgan fingerprint density at radius 1 is 1.19 bits per heavy atom. The molecule has 2 rings (SSSR count). The minimum atomic E-state index is 0.252. The highest BCUT2D eigenvalue weighted by molar-refractivity contribution is 4.76. The third-order valence-corrected chi connectivity index (χ3v) is 3.94. The van der Waals surface area contributed by atoms with Crippen molar-refractivity contribution in [2.45, 2.75) is 44.6 Å². The van der Waals surface area contributed by atoms with Gasteiger partial charge in [-0.05, 0) is 25.2 Å². The zero-order chi connectivity index (χ0) is 11.2. The quantitative estimate of drug-likeness (QED) is 0.780. The van der Waals surface area contributed by atoms with Crippen molar-refractivity contribution in [3.63, 3.8) is 0 Å². The number of hydrogen-bond acceptors (Lipinski definition) is 3. The molecule has 1 saturated carbocycles. The van der Waals surface area contributed by atoms with Crippen LogP contribution in [0.4, 0.5) is 0 Å². The van der Waals surface area contributed by atoms with Crippen LogP contribution in [0.2, 0.25) is 0 Å². The maximum atomic E-state index is 6.18. The molecule has 0 radical (unpaired) electrons. The van der Waals surface area contributed by atoms with Crippen molar-refractivity contribution < 1.29 is 9.47 Å². The maximum Gasteiger partial charge on any atom is 0.0620 e. The third kappa shape index (κ3) is 3.72. The predicted octanol–water partition coefficient (Wildman–Crippen LogP) is 1.95. The monoisotopic (exact) mass is 227 g/mol. The average molecular weight is 227 g/mol. The van der Waals surface area contributed by atoms with E-state index in [1.807, 2.05) is 0 Å². The molecule has 16 heavy (non-hydrogen) atoms. The molecule has 2 atom stereocenters. The molecule has 1 heterocycles. The van der Waals surface area contributed by atoms with E-state index in [-0.39, 0.29) is 6.04 Å². The molecule has 2 unspecified atom stereocenters. The Labute approximate surface area is 98.7 Å². The Kier molecular flexibility index (Phi) is 5.07. The summed E-state index contributed by atoms with van der Waals surface area (Å²) in [6.45, 7) is 3.35. The van der Waals surface area contributed by atoms with E-state index in [9.17, 15) is 0 Å². The molecule has 0 bridgehead atoms. The van der Waals surface area contributed by atoms with Gasteiger partial charge in [-0.15, -0.1) is 0 Å². The molecular formula is C13H25NO2. The lowest BCUT2D eigenvalue weighted by Crippen LogP contribution is -2.36. The standard InChI is InChI=1S/C13H25NO2/c14-13(12-4-2-1-3-5-12)10-16-9-11-6-7-15-8-11/h11-13H,1-10,14H2. The number of rotatable bonds is 5. The van der Waals surface area contributed by atoms with Gasteiger partial charge < -0.3 is 15.2 Å². The Morgan fingerprint density at radius 2 is 2.00 bits per heavy atom. The number of nitrogens with two attached hydrogens (primary N) is 1. The van der Waals surface area contributed by atoms with Crippen LogP contribution in [0.25, 0.3) is 0 Å². The highest BCUT2D eigenvalue weighted by atomic mass is 16.5. The van der Waals surface area contributed by atoms with Gasteiger partial charge in [0.1, 0.15) is 0 Å². The summed E-state index contributed by atoms with van der Waals surface area (Å²) in [5.41, 5.74) is 6.18. The van der Waals surface area contributed by atoms with Crippen molar-refractivity contribution in [1.29, 1.82) is 0 Å². The summed E-state index contributed by atoms with van der Waals surface area (Å²) < 4.78 is 11.0. The van der Waals surface area contributed by atoms with Gasteiger partial charge in [0.15, 0.2) is 0 Å².